The summed E-state index contributed by atoms with van der Waals surface area (Å²) in [6.45, 7) is 5.63. The summed E-state index contributed by atoms with van der Waals surface area (Å²) in [5.41, 5.74) is 6.74. The first-order chi connectivity index (χ1) is 10.2. The van der Waals surface area contributed by atoms with Crippen molar-refractivity contribution < 1.29 is 14.0 Å². The van der Waals surface area contributed by atoms with Crippen molar-refractivity contribution in [3.8, 4) is 17.2 Å². The molecule has 6 heteroatoms. The summed E-state index contributed by atoms with van der Waals surface area (Å²) in [5.74, 6) is 1.66. The molecule has 2 N–H and O–H groups in total. The molecule has 0 spiro atoms. The lowest BCUT2D eigenvalue weighted by Crippen LogP contribution is -2.18. The van der Waals surface area contributed by atoms with Gasteiger partial charge < -0.3 is 19.7 Å². The maximum absolute atomic E-state index is 5.93. The molecule has 6 nitrogen and oxygen atoms in total. The van der Waals surface area contributed by atoms with Crippen molar-refractivity contribution in [1.82, 2.24) is 10.1 Å². The monoisotopic (exact) mass is 291 g/mol. The fourth-order valence-electron chi connectivity index (χ4n) is 1.76. The van der Waals surface area contributed by atoms with Crippen molar-refractivity contribution in [2.45, 2.75) is 26.3 Å². The zero-order chi connectivity index (χ0) is 15.1. The molecule has 0 aliphatic carbocycles. The summed E-state index contributed by atoms with van der Waals surface area (Å²) in [5, 5.41) is 3.91. The molecule has 1 atom stereocenters. The van der Waals surface area contributed by atoms with Crippen LogP contribution in [0.4, 0.5) is 0 Å². The Balaban J connectivity index is 2.10. The maximum atomic E-state index is 5.93. The minimum atomic E-state index is -0.387. The Labute approximate surface area is 124 Å². The van der Waals surface area contributed by atoms with Gasteiger partial charge in [0.15, 0.2) is 5.82 Å². The van der Waals surface area contributed by atoms with Crippen LogP contribution in [0.2, 0.25) is 0 Å². The molecule has 1 unspecified atom stereocenters. The molecule has 0 fully saturated rings. The minimum Gasteiger partial charge on any atom is -0.494 e. The minimum absolute atomic E-state index is 0.370. The zero-order valence-electron chi connectivity index (χ0n) is 12.4. The highest BCUT2D eigenvalue weighted by atomic mass is 16.5. The van der Waals surface area contributed by atoms with E-state index in [9.17, 15) is 0 Å². The number of nitrogens with two attached hydrogens (primary N) is 1. The Morgan fingerprint density at radius 2 is 2.19 bits per heavy atom. The van der Waals surface area contributed by atoms with Crippen LogP contribution < -0.4 is 10.5 Å². The third kappa shape index (κ3) is 4.27. The van der Waals surface area contributed by atoms with Crippen LogP contribution in [0.15, 0.2) is 28.8 Å². The average molecular weight is 291 g/mol. The van der Waals surface area contributed by atoms with Crippen LogP contribution in [-0.4, -0.2) is 30.0 Å². The van der Waals surface area contributed by atoms with E-state index in [2.05, 4.69) is 17.1 Å². The van der Waals surface area contributed by atoms with Crippen LogP contribution in [0.3, 0.4) is 0 Å². The second-order valence-electron chi connectivity index (χ2n) is 4.60. The zero-order valence-corrected chi connectivity index (χ0v) is 12.4. The molecule has 21 heavy (non-hydrogen) atoms. The summed E-state index contributed by atoms with van der Waals surface area (Å²) < 4.78 is 16.1. The van der Waals surface area contributed by atoms with Gasteiger partial charge in [0.1, 0.15) is 5.75 Å². The van der Waals surface area contributed by atoms with E-state index < -0.39 is 0 Å². The van der Waals surface area contributed by atoms with Gasteiger partial charge >= 0.3 is 0 Å². The van der Waals surface area contributed by atoms with Gasteiger partial charge in [-0.25, -0.2) is 0 Å². The number of benzene rings is 1. The van der Waals surface area contributed by atoms with Crippen LogP contribution in [0, 0.1) is 0 Å². The van der Waals surface area contributed by atoms with Gasteiger partial charge in [0, 0.05) is 12.2 Å². The van der Waals surface area contributed by atoms with Gasteiger partial charge in [0.2, 0.25) is 0 Å². The molecule has 114 valence electrons. The van der Waals surface area contributed by atoms with Gasteiger partial charge in [-0.3, -0.25) is 0 Å². The Hall–Kier alpha value is -1.92. The number of hydrogen-bond acceptors (Lipinski definition) is 6. The summed E-state index contributed by atoms with van der Waals surface area (Å²) in [4.78, 5) is 4.32. The summed E-state index contributed by atoms with van der Waals surface area (Å²) in [6.07, 6.45) is 0.960. The van der Waals surface area contributed by atoms with Crippen LogP contribution in [0.1, 0.15) is 32.1 Å². The normalized spacial score (nSPS) is 12.3. The lowest BCUT2D eigenvalue weighted by atomic mass is 10.2. The first kappa shape index (κ1) is 15.5. The van der Waals surface area contributed by atoms with Gasteiger partial charge in [0.25, 0.3) is 5.89 Å². The number of aromatic nitrogens is 2. The van der Waals surface area contributed by atoms with E-state index >= 15 is 0 Å². The lowest BCUT2D eigenvalue weighted by Gasteiger charge is -2.05. The van der Waals surface area contributed by atoms with Crippen LogP contribution >= 0.6 is 0 Å². The van der Waals surface area contributed by atoms with E-state index in [4.69, 9.17) is 19.7 Å². The predicted molar refractivity (Wildman–Crippen MR) is 78.9 cm³/mol. The van der Waals surface area contributed by atoms with Gasteiger partial charge in [-0.05, 0) is 31.5 Å². The molecule has 1 heterocycles. The third-order valence-electron chi connectivity index (χ3n) is 2.83. The number of hydrogen-bond donors (Lipinski definition) is 1. The molecule has 0 bridgehead atoms. The Bertz CT molecular complexity index is 557. The highest BCUT2D eigenvalue weighted by Crippen LogP contribution is 2.23. The largest absolute Gasteiger partial charge is 0.494 e. The van der Waals surface area contributed by atoms with E-state index in [0.29, 0.717) is 31.5 Å². The van der Waals surface area contributed by atoms with Crippen molar-refractivity contribution >= 4 is 0 Å². The predicted octanol–water partition coefficient (Wildman–Crippen LogP) is 2.56. The number of nitrogens with zero attached hydrogens (tertiary/aromatic N) is 2. The summed E-state index contributed by atoms with van der Waals surface area (Å²) >= 11 is 0. The van der Waals surface area contributed by atoms with Crippen molar-refractivity contribution in [2.75, 3.05) is 19.8 Å². The van der Waals surface area contributed by atoms with Crippen molar-refractivity contribution in [3.63, 3.8) is 0 Å². The molecular formula is C15H21N3O3. The molecule has 1 aromatic heterocycles. The molecule has 0 saturated carbocycles. The average Bonchev–Trinajstić information content (AvgIpc) is 3.01. The first-order valence-electron chi connectivity index (χ1n) is 7.14. The lowest BCUT2D eigenvalue weighted by molar-refractivity contribution is 0.130. The molecule has 0 saturated heterocycles. The molecule has 2 rings (SSSR count). The van der Waals surface area contributed by atoms with E-state index in [1.54, 1.807) is 0 Å². The highest BCUT2D eigenvalue weighted by Gasteiger charge is 2.15. The summed E-state index contributed by atoms with van der Waals surface area (Å²) in [7, 11) is 0. The van der Waals surface area contributed by atoms with Crippen molar-refractivity contribution in [3.05, 3.63) is 30.1 Å². The highest BCUT2D eigenvalue weighted by molar-refractivity contribution is 5.55. The van der Waals surface area contributed by atoms with Gasteiger partial charge in [-0.1, -0.05) is 18.1 Å². The van der Waals surface area contributed by atoms with E-state index in [0.717, 1.165) is 17.7 Å². The molecule has 1 aromatic carbocycles. The summed E-state index contributed by atoms with van der Waals surface area (Å²) in [6, 6.07) is 7.18. The molecule has 2 aromatic rings. The van der Waals surface area contributed by atoms with Gasteiger partial charge in [-0.15, -0.1) is 0 Å². The van der Waals surface area contributed by atoms with Crippen molar-refractivity contribution in [1.29, 1.82) is 0 Å². The molecule has 0 radical (unpaired) electrons. The number of rotatable bonds is 8. The van der Waals surface area contributed by atoms with E-state index in [1.807, 2.05) is 31.2 Å². The second kappa shape index (κ2) is 7.75. The third-order valence-corrected chi connectivity index (χ3v) is 2.83. The fourth-order valence-corrected chi connectivity index (χ4v) is 1.76. The molecule has 0 aliphatic heterocycles. The SMILES string of the molecule is CCCOc1cccc(-c2nc(C(N)COCC)no2)c1. The fraction of sp³-hybridized carbons (Fsp3) is 0.467. The van der Waals surface area contributed by atoms with Crippen LogP contribution in [0.25, 0.3) is 11.5 Å². The van der Waals surface area contributed by atoms with Crippen molar-refractivity contribution in [2.24, 2.45) is 5.73 Å². The number of ether oxygens (including phenoxy) is 2. The Morgan fingerprint density at radius 3 is 2.95 bits per heavy atom. The van der Waals surface area contributed by atoms with Gasteiger partial charge in [0.05, 0.1) is 19.3 Å². The molecule has 0 aliphatic rings. The topological polar surface area (TPSA) is 83.4 Å². The molecular weight excluding hydrogens is 270 g/mol. The van der Waals surface area contributed by atoms with Crippen LogP contribution in [0.5, 0.6) is 5.75 Å². The molecule has 0 amide bonds. The second-order valence-corrected chi connectivity index (χ2v) is 4.60. The maximum Gasteiger partial charge on any atom is 0.258 e. The standard InChI is InChI=1S/C15H21N3O3/c1-3-8-20-12-7-5-6-11(9-12)15-17-14(18-21-15)13(16)10-19-4-2/h5-7,9,13H,3-4,8,10,16H2,1-2H3. The van der Waals surface area contributed by atoms with Crippen LogP contribution in [-0.2, 0) is 4.74 Å². The quantitative estimate of drug-likeness (QED) is 0.804. The van der Waals surface area contributed by atoms with Gasteiger partial charge in [-0.2, -0.15) is 4.98 Å². The van der Waals surface area contributed by atoms with E-state index in [1.165, 1.54) is 0 Å². The first-order valence-corrected chi connectivity index (χ1v) is 7.14. The smallest absolute Gasteiger partial charge is 0.258 e. The Kier molecular flexibility index (Phi) is 5.71. The van der Waals surface area contributed by atoms with E-state index in [-0.39, 0.29) is 6.04 Å². The Morgan fingerprint density at radius 1 is 1.33 bits per heavy atom.